The van der Waals surface area contributed by atoms with Crippen LogP contribution in [0.2, 0.25) is 0 Å². The molecule has 0 radical (unpaired) electrons. The van der Waals surface area contributed by atoms with Crippen molar-refractivity contribution in [1.82, 2.24) is 10.2 Å². The lowest BCUT2D eigenvalue weighted by atomic mass is 10.1. The van der Waals surface area contributed by atoms with Gasteiger partial charge in [0, 0.05) is 28.8 Å². The molecular formula is C17H18N4S2. The van der Waals surface area contributed by atoms with Gasteiger partial charge in [-0.3, -0.25) is 0 Å². The van der Waals surface area contributed by atoms with Gasteiger partial charge in [-0.15, -0.1) is 40.1 Å². The molecule has 0 aromatic carbocycles. The van der Waals surface area contributed by atoms with Crippen LogP contribution in [0, 0.1) is 19.3 Å². The number of fused-ring (bicyclic) bond motifs is 1. The largest absolute Gasteiger partial charge is 0.378 e. The number of thiophene rings is 2. The maximum atomic E-state index is 6.08. The van der Waals surface area contributed by atoms with Crippen molar-refractivity contribution in [3.8, 4) is 12.3 Å². The predicted molar refractivity (Wildman–Crippen MR) is 98.9 cm³/mol. The molecule has 3 aromatic rings. The van der Waals surface area contributed by atoms with E-state index in [1.807, 2.05) is 0 Å². The summed E-state index contributed by atoms with van der Waals surface area (Å²) < 4.78 is 1.14. The minimum absolute atomic E-state index is 0.0118. The average Bonchev–Trinajstić information content (AvgIpc) is 3.15. The van der Waals surface area contributed by atoms with Gasteiger partial charge in [0.15, 0.2) is 0 Å². The SMILES string of the molecule is C#CCC(N)Cc1sc2c(NCc3cccs3)cnnc2c1C. The first kappa shape index (κ1) is 15.9. The number of hydrogen-bond acceptors (Lipinski definition) is 6. The van der Waals surface area contributed by atoms with E-state index in [0.29, 0.717) is 6.42 Å². The third kappa shape index (κ3) is 3.53. The highest BCUT2D eigenvalue weighted by molar-refractivity contribution is 7.19. The number of terminal acetylenes is 1. The lowest BCUT2D eigenvalue weighted by molar-refractivity contribution is 0.694. The van der Waals surface area contributed by atoms with Crippen LogP contribution in [0.25, 0.3) is 10.2 Å². The highest BCUT2D eigenvalue weighted by Gasteiger charge is 2.15. The number of hydrogen-bond donors (Lipinski definition) is 2. The monoisotopic (exact) mass is 342 g/mol. The second-order valence-electron chi connectivity index (χ2n) is 5.39. The Morgan fingerprint density at radius 2 is 2.35 bits per heavy atom. The molecule has 0 aliphatic heterocycles. The first-order valence-electron chi connectivity index (χ1n) is 7.38. The molecule has 1 unspecified atom stereocenters. The third-order valence-corrected chi connectivity index (χ3v) is 5.88. The Balaban J connectivity index is 1.86. The van der Waals surface area contributed by atoms with E-state index in [1.165, 1.54) is 9.75 Å². The Labute approximate surface area is 143 Å². The molecule has 3 rings (SSSR count). The van der Waals surface area contributed by atoms with Crippen LogP contribution in [0.4, 0.5) is 5.69 Å². The number of rotatable bonds is 6. The fraction of sp³-hybridized carbons (Fsp3) is 0.294. The van der Waals surface area contributed by atoms with Gasteiger partial charge in [0.25, 0.3) is 0 Å². The lowest BCUT2D eigenvalue weighted by Crippen LogP contribution is -2.21. The number of nitrogens with one attached hydrogen (secondary N) is 1. The molecule has 3 heterocycles. The molecule has 23 heavy (non-hydrogen) atoms. The Bertz CT molecular complexity index is 830. The van der Waals surface area contributed by atoms with Crippen molar-refractivity contribution in [1.29, 1.82) is 0 Å². The number of aryl methyl sites for hydroxylation is 1. The summed E-state index contributed by atoms with van der Waals surface area (Å²) in [7, 11) is 0. The quantitative estimate of drug-likeness (QED) is 0.672. The van der Waals surface area contributed by atoms with Gasteiger partial charge in [-0.1, -0.05) is 6.07 Å². The summed E-state index contributed by atoms with van der Waals surface area (Å²) in [5.41, 5.74) is 9.21. The van der Waals surface area contributed by atoms with Crippen molar-refractivity contribution in [2.75, 3.05) is 5.32 Å². The summed E-state index contributed by atoms with van der Waals surface area (Å²) in [6.07, 6.45) is 8.50. The van der Waals surface area contributed by atoms with Crippen molar-refractivity contribution in [2.24, 2.45) is 5.73 Å². The molecule has 0 saturated carbocycles. The van der Waals surface area contributed by atoms with Crippen LogP contribution in [-0.2, 0) is 13.0 Å². The number of nitrogens with two attached hydrogens (primary N) is 1. The van der Waals surface area contributed by atoms with Crippen molar-refractivity contribution in [3.63, 3.8) is 0 Å². The van der Waals surface area contributed by atoms with Crippen molar-refractivity contribution in [2.45, 2.75) is 32.4 Å². The molecule has 0 aliphatic carbocycles. The Kier molecular flexibility index (Phi) is 4.91. The van der Waals surface area contributed by atoms with Crippen molar-refractivity contribution < 1.29 is 0 Å². The topological polar surface area (TPSA) is 63.8 Å². The van der Waals surface area contributed by atoms with Crippen LogP contribution in [-0.4, -0.2) is 16.2 Å². The van der Waals surface area contributed by atoms with Gasteiger partial charge in [-0.25, -0.2) is 0 Å². The van der Waals surface area contributed by atoms with Crippen LogP contribution in [0.5, 0.6) is 0 Å². The molecule has 0 saturated heterocycles. The van der Waals surface area contributed by atoms with Gasteiger partial charge >= 0.3 is 0 Å². The summed E-state index contributed by atoms with van der Waals surface area (Å²) >= 11 is 3.47. The van der Waals surface area contributed by atoms with Gasteiger partial charge in [0.2, 0.25) is 0 Å². The zero-order chi connectivity index (χ0) is 16.2. The second-order valence-corrected chi connectivity index (χ2v) is 7.53. The minimum Gasteiger partial charge on any atom is -0.378 e. The van der Waals surface area contributed by atoms with Gasteiger partial charge in [-0.05, 0) is 30.4 Å². The molecule has 4 nitrogen and oxygen atoms in total. The van der Waals surface area contributed by atoms with Gasteiger partial charge < -0.3 is 11.1 Å². The van der Waals surface area contributed by atoms with Crippen LogP contribution < -0.4 is 11.1 Å². The van der Waals surface area contributed by atoms with E-state index in [9.17, 15) is 0 Å². The highest BCUT2D eigenvalue weighted by Crippen LogP contribution is 2.34. The summed E-state index contributed by atoms with van der Waals surface area (Å²) in [5.74, 6) is 2.63. The van der Waals surface area contributed by atoms with E-state index < -0.39 is 0 Å². The summed E-state index contributed by atoms with van der Waals surface area (Å²) in [5, 5.41) is 14.0. The lowest BCUT2D eigenvalue weighted by Gasteiger charge is -2.06. The molecule has 118 valence electrons. The van der Waals surface area contributed by atoms with Gasteiger partial charge in [-0.2, -0.15) is 5.10 Å². The van der Waals surface area contributed by atoms with E-state index in [2.05, 4.69) is 45.9 Å². The minimum atomic E-state index is -0.0118. The maximum absolute atomic E-state index is 6.08. The van der Waals surface area contributed by atoms with Crippen LogP contribution in [0.3, 0.4) is 0 Å². The second kappa shape index (κ2) is 7.09. The molecule has 3 N–H and O–H groups in total. The van der Waals surface area contributed by atoms with E-state index in [1.54, 1.807) is 28.9 Å². The molecule has 0 bridgehead atoms. The smallest absolute Gasteiger partial charge is 0.109 e. The van der Waals surface area contributed by atoms with E-state index in [-0.39, 0.29) is 6.04 Å². The summed E-state index contributed by atoms with van der Waals surface area (Å²) in [4.78, 5) is 2.53. The number of aromatic nitrogens is 2. The molecule has 1 atom stereocenters. The van der Waals surface area contributed by atoms with E-state index in [0.717, 1.165) is 34.4 Å². The van der Waals surface area contributed by atoms with Gasteiger partial charge in [0.05, 0.1) is 16.6 Å². The maximum Gasteiger partial charge on any atom is 0.109 e. The first-order chi connectivity index (χ1) is 11.2. The zero-order valence-electron chi connectivity index (χ0n) is 12.9. The molecule has 0 aliphatic rings. The molecule has 0 fully saturated rings. The third-order valence-electron chi connectivity index (χ3n) is 3.66. The van der Waals surface area contributed by atoms with Crippen LogP contribution in [0.1, 0.15) is 21.7 Å². The summed E-state index contributed by atoms with van der Waals surface area (Å²) in [6.45, 7) is 2.87. The van der Waals surface area contributed by atoms with Crippen molar-refractivity contribution >= 4 is 38.6 Å². The fourth-order valence-corrected chi connectivity index (χ4v) is 4.40. The molecular weight excluding hydrogens is 324 g/mol. The van der Waals surface area contributed by atoms with E-state index in [4.69, 9.17) is 12.2 Å². The summed E-state index contributed by atoms with van der Waals surface area (Å²) in [6, 6.07) is 4.16. The highest BCUT2D eigenvalue weighted by atomic mass is 32.1. The van der Waals surface area contributed by atoms with Gasteiger partial charge in [0.1, 0.15) is 5.52 Å². The Hall–Kier alpha value is -1.94. The predicted octanol–water partition coefficient (Wildman–Crippen LogP) is 3.57. The normalized spacial score (nSPS) is 12.2. The van der Waals surface area contributed by atoms with E-state index >= 15 is 0 Å². The first-order valence-corrected chi connectivity index (χ1v) is 9.07. The molecule has 0 spiro atoms. The standard InChI is InChI=1S/C17H18N4S2/c1-3-5-12(18)8-15-11(2)16-17(23-15)14(10-20-21-16)19-9-13-6-4-7-22-13/h1,4,6-7,10,12H,5,8-9,18H2,2H3,(H,19,21). The zero-order valence-corrected chi connectivity index (χ0v) is 14.5. The molecule has 0 amide bonds. The number of nitrogens with zero attached hydrogens (tertiary/aromatic N) is 2. The van der Waals surface area contributed by atoms with Crippen LogP contribution >= 0.6 is 22.7 Å². The van der Waals surface area contributed by atoms with Crippen LogP contribution in [0.15, 0.2) is 23.7 Å². The number of anilines is 1. The van der Waals surface area contributed by atoms with Crippen molar-refractivity contribution in [3.05, 3.63) is 39.0 Å². The molecule has 6 heteroatoms. The molecule has 3 aromatic heterocycles. The Morgan fingerprint density at radius 3 is 3.09 bits per heavy atom. The fourth-order valence-electron chi connectivity index (χ4n) is 2.43. The average molecular weight is 342 g/mol. The Morgan fingerprint density at radius 1 is 1.48 bits per heavy atom.